The molecular weight excluding hydrogens is 299 g/mol. The molecule has 23 heavy (non-hydrogen) atoms. The van der Waals surface area contributed by atoms with E-state index in [-0.39, 0.29) is 23.8 Å². The van der Waals surface area contributed by atoms with E-state index in [1.165, 1.54) is 24.3 Å². The monoisotopic (exact) mass is 318 g/mol. The molecule has 1 heterocycles. The molecule has 1 N–H and O–H groups in total. The van der Waals surface area contributed by atoms with Gasteiger partial charge in [0.05, 0.1) is 6.54 Å². The third-order valence-corrected chi connectivity index (χ3v) is 4.84. The van der Waals surface area contributed by atoms with E-state index in [2.05, 4.69) is 12.2 Å². The number of nitrogens with zero attached hydrogens (tertiary/aromatic N) is 1. The van der Waals surface area contributed by atoms with E-state index in [1.54, 1.807) is 0 Å². The van der Waals surface area contributed by atoms with Crippen molar-refractivity contribution in [2.24, 2.45) is 5.92 Å². The predicted octanol–water partition coefficient (Wildman–Crippen LogP) is 2.51. The molecule has 2 fully saturated rings. The van der Waals surface area contributed by atoms with Crippen molar-refractivity contribution in [1.82, 2.24) is 10.2 Å². The maximum atomic E-state index is 12.9. The van der Waals surface area contributed by atoms with Gasteiger partial charge in [-0.3, -0.25) is 14.5 Å². The Morgan fingerprint density at radius 2 is 1.87 bits per heavy atom. The fourth-order valence-electron chi connectivity index (χ4n) is 3.28. The Morgan fingerprint density at radius 3 is 2.48 bits per heavy atom. The van der Waals surface area contributed by atoms with Crippen molar-refractivity contribution in [3.63, 3.8) is 0 Å². The summed E-state index contributed by atoms with van der Waals surface area (Å²) in [6, 6.07) is 4.56. The molecule has 5 nitrogen and oxygen atoms in total. The van der Waals surface area contributed by atoms with E-state index >= 15 is 0 Å². The van der Waals surface area contributed by atoms with Crippen molar-refractivity contribution in [3.05, 3.63) is 35.6 Å². The first-order valence-corrected chi connectivity index (χ1v) is 7.84. The summed E-state index contributed by atoms with van der Waals surface area (Å²) in [6.45, 7) is 1.82. The zero-order valence-electron chi connectivity index (χ0n) is 13.0. The van der Waals surface area contributed by atoms with Crippen molar-refractivity contribution in [2.75, 3.05) is 6.54 Å². The Hall–Kier alpha value is -2.24. The lowest BCUT2D eigenvalue weighted by atomic mass is 9.77. The quantitative estimate of drug-likeness (QED) is 0.688. The smallest absolute Gasteiger partial charge is 0.323 e. The molecule has 1 aromatic carbocycles. The molecule has 1 aromatic rings. The standard InChI is InChI=1S/C17H19FN2O3/c1-11-6-8-17(9-7-11)15(22)20(16(23)19-17)10-14(21)12-2-4-13(18)5-3-12/h2-5,11H,6-10H2,1H3,(H,19,23). The number of rotatable bonds is 3. The third kappa shape index (κ3) is 2.85. The highest BCUT2D eigenvalue weighted by Crippen LogP contribution is 2.36. The van der Waals surface area contributed by atoms with Crippen LogP contribution in [0, 0.1) is 11.7 Å². The number of urea groups is 1. The summed E-state index contributed by atoms with van der Waals surface area (Å²) >= 11 is 0. The van der Waals surface area contributed by atoms with Gasteiger partial charge >= 0.3 is 6.03 Å². The van der Waals surface area contributed by atoms with Crippen LogP contribution in [0.2, 0.25) is 0 Å². The minimum atomic E-state index is -0.841. The predicted molar refractivity (Wildman–Crippen MR) is 81.3 cm³/mol. The Balaban J connectivity index is 1.73. The van der Waals surface area contributed by atoms with Crippen molar-refractivity contribution >= 4 is 17.7 Å². The lowest BCUT2D eigenvalue weighted by Crippen LogP contribution is -2.49. The number of hydrogen-bond acceptors (Lipinski definition) is 3. The van der Waals surface area contributed by atoms with Gasteiger partial charge in [0.1, 0.15) is 11.4 Å². The fourth-order valence-corrected chi connectivity index (χ4v) is 3.28. The summed E-state index contributed by atoms with van der Waals surface area (Å²) in [5.41, 5.74) is -0.558. The van der Waals surface area contributed by atoms with Crippen LogP contribution >= 0.6 is 0 Å². The van der Waals surface area contributed by atoms with E-state index in [0.717, 1.165) is 17.7 Å². The Kier molecular flexibility index (Phi) is 3.92. The maximum Gasteiger partial charge on any atom is 0.325 e. The molecule has 1 spiro atoms. The Morgan fingerprint density at radius 1 is 1.26 bits per heavy atom. The van der Waals surface area contributed by atoms with Crippen LogP contribution in [0.1, 0.15) is 43.0 Å². The number of carbonyl (C=O) groups is 3. The lowest BCUT2D eigenvalue weighted by molar-refractivity contribution is -0.132. The average molecular weight is 318 g/mol. The highest BCUT2D eigenvalue weighted by atomic mass is 19.1. The number of ketones is 1. The highest BCUT2D eigenvalue weighted by molar-refractivity contribution is 6.11. The van der Waals surface area contributed by atoms with Crippen molar-refractivity contribution in [1.29, 1.82) is 0 Å². The van der Waals surface area contributed by atoms with Crippen LogP contribution in [0.15, 0.2) is 24.3 Å². The van der Waals surface area contributed by atoms with E-state index in [0.29, 0.717) is 18.8 Å². The van der Waals surface area contributed by atoms with Crippen LogP contribution < -0.4 is 5.32 Å². The van der Waals surface area contributed by atoms with Crippen LogP contribution in [0.4, 0.5) is 9.18 Å². The SMILES string of the molecule is CC1CCC2(CC1)NC(=O)N(CC(=O)c1ccc(F)cc1)C2=O. The zero-order chi connectivity index (χ0) is 16.6. The van der Waals surface area contributed by atoms with Crippen LogP contribution in [0.5, 0.6) is 0 Å². The first-order valence-electron chi connectivity index (χ1n) is 7.84. The minimum Gasteiger partial charge on any atom is -0.323 e. The van der Waals surface area contributed by atoms with Gasteiger partial charge in [-0.1, -0.05) is 6.92 Å². The highest BCUT2D eigenvalue weighted by Gasteiger charge is 2.52. The van der Waals surface area contributed by atoms with Gasteiger partial charge in [-0.2, -0.15) is 0 Å². The molecule has 3 rings (SSSR count). The average Bonchev–Trinajstić information content (AvgIpc) is 2.75. The number of benzene rings is 1. The van der Waals surface area contributed by atoms with E-state index in [9.17, 15) is 18.8 Å². The largest absolute Gasteiger partial charge is 0.325 e. The number of Topliss-reactive ketones (excluding diaryl/α,β-unsaturated/α-hetero) is 1. The summed E-state index contributed by atoms with van der Waals surface area (Å²) in [7, 11) is 0. The van der Waals surface area contributed by atoms with Gasteiger partial charge in [0, 0.05) is 5.56 Å². The van der Waals surface area contributed by atoms with E-state index < -0.39 is 17.4 Å². The van der Waals surface area contributed by atoms with Crippen LogP contribution in [0.25, 0.3) is 0 Å². The van der Waals surface area contributed by atoms with Gasteiger partial charge in [0.25, 0.3) is 5.91 Å². The molecule has 0 bridgehead atoms. The van der Waals surface area contributed by atoms with Gasteiger partial charge in [-0.05, 0) is 55.9 Å². The normalized spacial score (nSPS) is 27.4. The molecule has 1 saturated heterocycles. The summed E-state index contributed by atoms with van der Waals surface area (Å²) in [4.78, 5) is 38.0. The number of halogens is 1. The van der Waals surface area contributed by atoms with Gasteiger partial charge in [-0.25, -0.2) is 9.18 Å². The second-order valence-corrected chi connectivity index (χ2v) is 6.52. The van der Waals surface area contributed by atoms with Gasteiger partial charge < -0.3 is 5.32 Å². The van der Waals surface area contributed by atoms with Crippen molar-refractivity contribution < 1.29 is 18.8 Å². The molecule has 1 aliphatic heterocycles. The molecule has 1 aliphatic carbocycles. The summed E-state index contributed by atoms with van der Waals surface area (Å²) < 4.78 is 12.9. The second kappa shape index (κ2) is 5.76. The fraction of sp³-hybridized carbons (Fsp3) is 0.471. The molecule has 0 radical (unpaired) electrons. The van der Waals surface area contributed by atoms with Gasteiger partial charge in [-0.15, -0.1) is 0 Å². The van der Waals surface area contributed by atoms with Gasteiger partial charge in [0.15, 0.2) is 5.78 Å². The lowest BCUT2D eigenvalue weighted by Gasteiger charge is -2.33. The molecule has 3 amide bonds. The van der Waals surface area contributed by atoms with E-state index in [4.69, 9.17) is 0 Å². The topological polar surface area (TPSA) is 66.5 Å². The second-order valence-electron chi connectivity index (χ2n) is 6.52. The molecule has 0 aromatic heterocycles. The Bertz CT molecular complexity index is 648. The van der Waals surface area contributed by atoms with Crippen molar-refractivity contribution in [3.8, 4) is 0 Å². The summed E-state index contributed by atoms with van der Waals surface area (Å²) in [6.07, 6.45) is 2.98. The minimum absolute atomic E-state index is 0.283. The number of nitrogens with one attached hydrogen (secondary N) is 1. The molecule has 2 aliphatic rings. The third-order valence-electron chi connectivity index (χ3n) is 4.84. The maximum absolute atomic E-state index is 12.9. The first kappa shape index (κ1) is 15.6. The van der Waals surface area contributed by atoms with Crippen molar-refractivity contribution in [2.45, 2.75) is 38.1 Å². The van der Waals surface area contributed by atoms with Crippen LogP contribution in [-0.4, -0.2) is 34.7 Å². The number of imide groups is 1. The molecule has 6 heteroatoms. The summed E-state index contributed by atoms with van der Waals surface area (Å²) in [5, 5.41) is 2.78. The molecule has 0 unspecified atom stereocenters. The molecule has 122 valence electrons. The summed E-state index contributed by atoms with van der Waals surface area (Å²) in [5.74, 6) is -0.591. The van der Waals surface area contributed by atoms with Crippen LogP contribution in [-0.2, 0) is 4.79 Å². The molecule has 1 saturated carbocycles. The van der Waals surface area contributed by atoms with E-state index in [1.807, 2.05) is 0 Å². The number of hydrogen-bond donors (Lipinski definition) is 1. The molecule has 0 atom stereocenters. The van der Waals surface area contributed by atoms with Gasteiger partial charge in [0.2, 0.25) is 0 Å². The molecular formula is C17H19FN2O3. The number of carbonyl (C=O) groups excluding carboxylic acids is 3. The van der Waals surface area contributed by atoms with Crippen LogP contribution in [0.3, 0.4) is 0 Å². The zero-order valence-corrected chi connectivity index (χ0v) is 13.0. The Labute approximate surface area is 133 Å². The first-order chi connectivity index (χ1) is 10.9. The number of amides is 3.